The van der Waals surface area contributed by atoms with E-state index in [4.69, 9.17) is 0 Å². The zero-order valence-corrected chi connectivity index (χ0v) is 13.4. The average Bonchev–Trinajstić information content (AvgIpc) is 2.95. The molecule has 0 fully saturated rings. The SMILES string of the molecule is CC(C)n1ccc(CNCc2cn(C)nc2C(F)(F)F)n1.Cl. The number of nitrogens with zero attached hydrogens (tertiary/aromatic N) is 4. The summed E-state index contributed by atoms with van der Waals surface area (Å²) in [4.78, 5) is 0. The summed E-state index contributed by atoms with van der Waals surface area (Å²) in [5.41, 5.74) is 0.0830. The molecule has 0 saturated heterocycles. The molecule has 0 radical (unpaired) electrons. The monoisotopic (exact) mass is 337 g/mol. The van der Waals surface area contributed by atoms with Crippen LogP contribution in [0.5, 0.6) is 0 Å². The lowest BCUT2D eigenvalue weighted by molar-refractivity contribution is -0.142. The van der Waals surface area contributed by atoms with Crippen LogP contribution < -0.4 is 5.32 Å². The van der Waals surface area contributed by atoms with Crippen molar-refractivity contribution in [1.82, 2.24) is 24.9 Å². The van der Waals surface area contributed by atoms with Crippen molar-refractivity contribution in [2.45, 2.75) is 39.2 Å². The first-order chi connectivity index (χ1) is 9.77. The molecule has 0 spiro atoms. The standard InChI is InChI=1S/C13H18F3N5.ClH/c1-9(2)21-5-4-11(18-21)7-17-6-10-8-20(3)19-12(10)13(14,15)16;/h4-5,8-9,17H,6-7H2,1-3H3;1H. The van der Waals surface area contributed by atoms with E-state index in [1.54, 1.807) is 0 Å². The van der Waals surface area contributed by atoms with Crippen LogP contribution in [-0.4, -0.2) is 19.6 Å². The Hall–Kier alpha value is -1.54. The summed E-state index contributed by atoms with van der Waals surface area (Å²) in [5.74, 6) is 0. The summed E-state index contributed by atoms with van der Waals surface area (Å²) in [6.45, 7) is 4.52. The van der Waals surface area contributed by atoms with Crippen LogP contribution >= 0.6 is 12.4 Å². The zero-order valence-electron chi connectivity index (χ0n) is 12.6. The molecule has 0 aliphatic rings. The van der Waals surface area contributed by atoms with Crippen LogP contribution in [0.15, 0.2) is 18.5 Å². The second kappa shape index (κ2) is 7.15. The van der Waals surface area contributed by atoms with E-state index in [0.29, 0.717) is 6.54 Å². The van der Waals surface area contributed by atoms with Gasteiger partial charge in [0.05, 0.1) is 5.69 Å². The molecule has 5 nitrogen and oxygen atoms in total. The van der Waals surface area contributed by atoms with Gasteiger partial charge in [-0.15, -0.1) is 12.4 Å². The quantitative estimate of drug-likeness (QED) is 0.912. The summed E-state index contributed by atoms with van der Waals surface area (Å²) < 4.78 is 41.3. The van der Waals surface area contributed by atoms with Gasteiger partial charge in [-0.05, 0) is 19.9 Å². The molecule has 2 rings (SSSR count). The maximum atomic E-state index is 12.8. The fourth-order valence-electron chi connectivity index (χ4n) is 1.99. The van der Waals surface area contributed by atoms with Gasteiger partial charge in [-0.2, -0.15) is 23.4 Å². The summed E-state index contributed by atoms with van der Waals surface area (Å²) in [6, 6.07) is 2.11. The minimum Gasteiger partial charge on any atom is -0.307 e. The van der Waals surface area contributed by atoms with Crippen LogP contribution in [0.3, 0.4) is 0 Å². The molecule has 0 saturated carbocycles. The number of halogens is 4. The van der Waals surface area contributed by atoms with Crippen molar-refractivity contribution in [1.29, 1.82) is 0 Å². The van der Waals surface area contributed by atoms with Gasteiger partial charge < -0.3 is 5.32 Å². The molecule has 0 bridgehead atoms. The first kappa shape index (κ1) is 18.5. The molecule has 124 valence electrons. The number of rotatable bonds is 5. The summed E-state index contributed by atoms with van der Waals surface area (Å²) >= 11 is 0. The molecule has 9 heteroatoms. The topological polar surface area (TPSA) is 47.7 Å². The number of hydrogen-bond acceptors (Lipinski definition) is 3. The molecular formula is C13H19ClF3N5. The number of aromatic nitrogens is 4. The minimum atomic E-state index is -4.43. The second-order valence-electron chi connectivity index (χ2n) is 5.16. The third-order valence-electron chi connectivity index (χ3n) is 2.99. The lowest BCUT2D eigenvalue weighted by Gasteiger charge is -2.07. The summed E-state index contributed by atoms with van der Waals surface area (Å²) in [6.07, 6.45) is -1.20. The molecule has 2 aromatic rings. The molecule has 0 amide bonds. The van der Waals surface area contributed by atoms with E-state index >= 15 is 0 Å². The lowest BCUT2D eigenvalue weighted by atomic mass is 10.2. The van der Waals surface area contributed by atoms with Gasteiger partial charge in [-0.3, -0.25) is 9.36 Å². The van der Waals surface area contributed by atoms with Crippen LogP contribution in [-0.2, 0) is 26.3 Å². The van der Waals surface area contributed by atoms with E-state index in [2.05, 4.69) is 15.5 Å². The van der Waals surface area contributed by atoms with Crippen LogP contribution in [0, 0.1) is 0 Å². The average molecular weight is 338 g/mol. The van der Waals surface area contributed by atoms with Crippen molar-refractivity contribution in [3.63, 3.8) is 0 Å². The fraction of sp³-hybridized carbons (Fsp3) is 0.538. The van der Waals surface area contributed by atoms with Gasteiger partial charge in [0.15, 0.2) is 5.69 Å². The number of aryl methyl sites for hydroxylation is 1. The van der Waals surface area contributed by atoms with Crippen molar-refractivity contribution >= 4 is 12.4 Å². The smallest absolute Gasteiger partial charge is 0.307 e. The Morgan fingerprint density at radius 3 is 2.45 bits per heavy atom. The van der Waals surface area contributed by atoms with Gasteiger partial charge in [0.1, 0.15) is 0 Å². The van der Waals surface area contributed by atoms with Gasteiger partial charge in [0.25, 0.3) is 0 Å². The largest absolute Gasteiger partial charge is 0.435 e. The Kier molecular flexibility index (Phi) is 6.01. The Balaban J connectivity index is 0.00000242. The molecule has 2 heterocycles. The molecule has 0 atom stereocenters. The molecule has 0 aliphatic carbocycles. The highest BCUT2D eigenvalue weighted by Gasteiger charge is 2.36. The van der Waals surface area contributed by atoms with Gasteiger partial charge in [0.2, 0.25) is 0 Å². The molecule has 0 aromatic carbocycles. The van der Waals surface area contributed by atoms with Crippen molar-refractivity contribution in [3.05, 3.63) is 35.4 Å². The molecule has 22 heavy (non-hydrogen) atoms. The van der Waals surface area contributed by atoms with Crippen LogP contribution in [0.2, 0.25) is 0 Å². The number of hydrogen-bond donors (Lipinski definition) is 1. The normalized spacial score (nSPS) is 11.8. The van der Waals surface area contributed by atoms with E-state index in [1.165, 1.54) is 17.9 Å². The lowest BCUT2D eigenvalue weighted by Crippen LogP contribution is -2.17. The predicted octanol–water partition coefficient (Wildman–Crippen LogP) is 2.93. The third-order valence-corrected chi connectivity index (χ3v) is 2.99. The minimum absolute atomic E-state index is 0. The molecule has 1 N–H and O–H groups in total. The van der Waals surface area contributed by atoms with Crippen LogP contribution in [0.25, 0.3) is 0 Å². The Bertz CT molecular complexity index is 603. The van der Waals surface area contributed by atoms with E-state index < -0.39 is 11.9 Å². The van der Waals surface area contributed by atoms with E-state index in [1.807, 2.05) is 30.8 Å². The molecule has 2 aromatic heterocycles. The summed E-state index contributed by atoms with van der Waals surface area (Å²) in [7, 11) is 1.48. The van der Waals surface area contributed by atoms with Gasteiger partial charge >= 0.3 is 6.18 Å². The van der Waals surface area contributed by atoms with Crippen molar-refractivity contribution in [2.24, 2.45) is 7.05 Å². The number of nitrogens with one attached hydrogen (secondary N) is 1. The predicted molar refractivity (Wildman–Crippen MR) is 78.6 cm³/mol. The fourth-order valence-corrected chi connectivity index (χ4v) is 1.99. The van der Waals surface area contributed by atoms with E-state index in [9.17, 15) is 13.2 Å². The Morgan fingerprint density at radius 1 is 1.23 bits per heavy atom. The Morgan fingerprint density at radius 2 is 1.91 bits per heavy atom. The van der Waals surface area contributed by atoms with Crippen molar-refractivity contribution in [2.75, 3.05) is 0 Å². The number of alkyl halides is 3. The van der Waals surface area contributed by atoms with Crippen molar-refractivity contribution in [3.8, 4) is 0 Å². The summed E-state index contributed by atoms with van der Waals surface area (Å²) in [5, 5.41) is 10.8. The van der Waals surface area contributed by atoms with E-state index in [-0.39, 0.29) is 30.6 Å². The highest BCUT2D eigenvalue weighted by molar-refractivity contribution is 5.85. The van der Waals surface area contributed by atoms with E-state index in [0.717, 1.165) is 5.69 Å². The zero-order chi connectivity index (χ0) is 15.6. The molecular weight excluding hydrogens is 319 g/mol. The second-order valence-corrected chi connectivity index (χ2v) is 5.16. The maximum Gasteiger partial charge on any atom is 0.435 e. The molecule has 0 aliphatic heterocycles. The highest BCUT2D eigenvalue weighted by Crippen LogP contribution is 2.30. The first-order valence-corrected chi connectivity index (χ1v) is 6.62. The maximum absolute atomic E-state index is 12.8. The third kappa shape index (κ3) is 4.48. The van der Waals surface area contributed by atoms with Gasteiger partial charge in [0, 0.05) is 44.1 Å². The van der Waals surface area contributed by atoms with Gasteiger partial charge in [-0.1, -0.05) is 0 Å². The van der Waals surface area contributed by atoms with Gasteiger partial charge in [-0.25, -0.2) is 0 Å². The first-order valence-electron chi connectivity index (χ1n) is 6.62. The molecule has 0 unspecified atom stereocenters. The Labute approximate surface area is 132 Å². The van der Waals surface area contributed by atoms with Crippen LogP contribution in [0.4, 0.5) is 13.2 Å². The highest BCUT2D eigenvalue weighted by atomic mass is 35.5. The van der Waals surface area contributed by atoms with Crippen LogP contribution in [0.1, 0.15) is 36.8 Å². The van der Waals surface area contributed by atoms with Crippen molar-refractivity contribution < 1.29 is 13.2 Å².